The van der Waals surface area contributed by atoms with Crippen molar-refractivity contribution in [2.24, 2.45) is 29.6 Å². The molecule has 1 heterocycles. The molecule has 0 amide bonds. The normalized spacial score (nSPS) is 30.2. The fourth-order valence-electron chi connectivity index (χ4n) is 9.92. The number of benzene rings is 1. The molecule has 0 radical (unpaired) electrons. The molecule has 0 saturated heterocycles. The first-order valence-electron chi connectivity index (χ1n) is 21.9. The lowest BCUT2D eigenvalue weighted by Crippen LogP contribution is -2.36. The van der Waals surface area contributed by atoms with Crippen LogP contribution in [-0.4, -0.2) is 108 Å². The highest BCUT2D eigenvalue weighted by Gasteiger charge is 2.41. The molecule has 8 rings (SSSR count). The molecule has 6 aliphatic rings. The zero-order valence-corrected chi connectivity index (χ0v) is 40.1. The Morgan fingerprint density at radius 2 is 0.786 bits per heavy atom. The predicted molar refractivity (Wildman–Crippen MR) is 255 cm³/mol. The van der Waals surface area contributed by atoms with Gasteiger partial charge in [0.15, 0.2) is 12.4 Å². The van der Waals surface area contributed by atoms with Gasteiger partial charge in [0.1, 0.15) is 0 Å². The van der Waals surface area contributed by atoms with E-state index in [0.717, 1.165) is 59.9 Å². The number of allylic oxidation sites excluding steroid dienone is 7. The zero-order chi connectivity index (χ0) is 50.7. The number of fused-ring (bicyclic) bond motifs is 10. The molecule has 1 saturated carbocycles. The Hall–Kier alpha value is -5.05. The van der Waals surface area contributed by atoms with E-state index >= 15 is 0 Å². The first-order chi connectivity index (χ1) is 32.7. The largest absolute Gasteiger partial charge is 0.388 e. The molecule has 18 nitrogen and oxygen atoms in total. The molecular weight excluding hydrogens is 991 g/mol. The minimum Gasteiger partial charge on any atom is -0.388 e. The lowest BCUT2D eigenvalue weighted by Gasteiger charge is -2.37. The molecule has 22 heteroatoms. The number of aliphatic hydroxyl groups excluding tert-OH is 5. The van der Waals surface area contributed by atoms with Gasteiger partial charge in [0, 0.05) is 53.9 Å². The van der Waals surface area contributed by atoms with Gasteiger partial charge < -0.3 is 25.5 Å². The second-order valence-corrected chi connectivity index (χ2v) is 23.9. The van der Waals surface area contributed by atoms with E-state index in [2.05, 4.69) is 0 Å². The fraction of sp³-hybridized carbons (Fsp3) is 0.312. The minimum atomic E-state index is -5.07. The molecule has 0 aliphatic heterocycles. The number of aromatic nitrogens is 1. The third-order valence-corrected chi connectivity index (χ3v) is 16.8. The maximum atomic E-state index is 12.8. The van der Waals surface area contributed by atoms with Crippen LogP contribution < -0.4 is 4.57 Å². The Bertz CT molecular complexity index is 3290. The molecule has 10 unspecified atom stereocenters. The molecule has 372 valence electrons. The SMILES string of the molecule is O=S(=O)(O)C1=CC2CC3=CC(S(=O)(=O)O)=CC(CC4=CC(/C=C/c5cc[n+](-c6ccccc6)cc5)=CC(CC5C=C(S(=O)(=O)O)C=C(CC6C=C(S(=O)(=O)O)C=C(CC(=C1)C2O)C6O)C5O)C4O)C3O. The van der Waals surface area contributed by atoms with Gasteiger partial charge in [-0.05, 0) is 95.4 Å². The van der Waals surface area contributed by atoms with Gasteiger partial charge in [-0.15, -0.1) is 0 Å². The van der Waals surface area contributed by atoms with Crippen LogP contribution in [-0.2, 0) is 40.5 Å². The molecule has 1 aromatic carbocycles. The summed E-state index contributed by atoms with van der Waals surface area (Å²) in [6, 6.07) is 13.2. The maximum absolute atomic E-state index is 12.8. The van der Waals surface area contributed by atoms with Crippen LogP contribution in [0.3, 0.4) is 0 Å². The molecular formula is C48H50NO17S4+. The van der Waals surface area contributed by atoms with Gasteiger partial charge >= 0.3 is 0 Å². The third kappa shape index (κ3) is 11.3. The van der Waals surface area contributed by atoms with E-state index in [1.807, 2.05) is 59.4 Å². The highest BCUT2D eigenvalue weighted by Crippen LogP contribution is 2.44. The van der Waals surface area contributed by atoms with Crippen LogP contribution in [0.2, 0.25) is 0 Å². The van der Waals surface area contributed by atoms with E-state index in [4.69, 9.17) is 0 Å². The van der Waals surface area contributed by atoms with E-state index in [9.17, 15) is 77.4 Å². The van der Waals surface area contributed by atoms with Gasteiger partial charge in [-0.1, -0.05) is 66.8 Å². The monoisotopic (exact) mass is 1040 g/mol. The van der Waals surface area contributed by atoms with Crippen LogP contribution in [0, 0.1) is 29.6 Å². The van der Waals surface area contributed by atoms with Gasteiger partial charge in [0.25, 0.3) is 40.5 Å². The Labute approximate surface area is 404 Å². The second kappa shape index (κ2) is 19.5. The summed E-state index contributed by atoms with van der Waals surface area (Å²) in [5, 5.41) is 59.8. The van der Waals surface area contributed by atoms with Crippen molar-refractivity contribution >= 4 is 46.5 Å². The summed E-state index contributed by atoms with van der Waals surface area (Å²) in [4.78, 5) is -2.85. The Balaban J connectivity index is 1.27. The predicted octanol–water partition coefficient (Wildman–Crippen LogP) is 3.54. The molecule has 2 aromatic rings. The Morgan fingerprint density at radius 3 is 1.21 bits per heavy atom. The molecule has 1 fully saturated rings. The van der Waals surface area contributed by atoms with Crippen molar-refractivity contribution in [1.29, 1.82) is 0 Å². The van der Waals surface area contributed by atoms with Gasteiger partial charge in [-0.2, -0.15) is 38.2 Å². The summed E-state index contributed by atoms with van der Waals surface area (Å²) in [7, 11) is -20.2. The standard InChI is InChI=1S/C48H49NO17S4/c50-44-29-12-28(7-6-27-8-10-49(11-9-27)39-4-2-1-3-5-39)13-30(44)15-32-20-41(68(58,59)60)22-34(46(32)52)17-36-24-43(70(64,65)66)26-38(48(36)54)18-37-25-42(69(61,62)63)23-35(47(37)53)16-33-21-40(67(55,56)57)19-31(14-29)45(33)51/h1-13,19-26,29,31-32,35-36,44-48,50-54H,14-18H2,(H3-,55,56,57,58,59,60,61,62,63,64,65,66)/p+1/b7-6+. The summed E-state index contributed by atoms with van der Waals surface area (Å²) < 4.78 is 145. The van der Waals surface area contributed by atoms with Crippen LogP contribution in [0.1, 0.15) is 37.7 Å². The van der Waals surface area contributed by atoms with Crippen molar-refractivity contribution in [2.45, 2.75) is 62.6 Å². The van der Waals surface area contributed by atoms with Gasteiger partial charge in [0.05, 0.1) is 50.1 Å². The minimum absolute atomic E-state index is 0.117. The Morgan fingerprint density at radius 1 is 0.429 bits per heavy atom. The van der Waals surface area contributed by atoms with Crippen molar-refractivity contribution in [2.75, 3.05) is 0 Å². The lowest BCUT2D eigenvalue weighted by atomic mass is 9.72. The summed E-state index contributed by atoms with van der Waals surface area (Å²) in [6.45, 7) is 0. The number of rotatable bonds is 7. The van der Waals surface area contributed by atoms with Gasteiger partial charge in [-0.3, -0.25) is 18.2 Å². The van der Waals surface area contributed by atoms with Crippen LogP contribution in [0.5, 0.6) is 0 Å². The average Bonchev–Trinajstić information content (AvgIpc) is 3.28. The topological polar surface area (TPSA) is 323 Å². The Kier molecular flexibility index (Phi) is 14.3. The molecule has 0 spiro atoms. The molecule has 6 aliphatic carbocycles. The zero-order valence-electron chi connectivity index (χ0n) is 36.8. The van der Waals surface area contributed by atoms with E-state index in [-0.39, 0.29) is 40.7 Å². The molecule has 10 bridgehead atoms. The van der Waals surface area contributed by atoms with Crippen molar-refractivity contribution in [3.8, 4) is 5.69 Å². The van der Waals surface area contributed by atoms with Gasteiger partial charge in [-0.25, -0.2) is 0 Å². The van der Waals surface area contributed by atoms with Crippen molar-refractivity contribution in [3.05, 3.63) is 180 Å². The first kappa shape index (κ1) is 51.3. The second-order valence-electron chi connectivity index (χ2n) is 18.2. The van der Waals surface area contributed by atoms with E-state index in [1.165, 1.54) is 0 Å². The smallest absolute Gasteiger partial charge is 0.294 e. The highest BCUT2D eigenvalue weighted by atomic mass is 32.2. The number of hydrogen-bond donors (Lipinski definition) is 9. The summed E-state index contributed by atoms with van der Waals surface area (Å²) in [6.07, 6.45) is 8.01. The van der Waals surface area contributed by atoms with Crippen molar-refractivity contribution in [1.82, 2.24) is 0 Å². The molecule has 9 N–H and O–H groups in total. The van der Waals surface area contributed by atoms with E-state index < -0.39 is 139 Å². The number of nitrogens with zero attached hydrogens (tertiary/aromatic N) is 1. The summed E-state index contributed by atoms with van der Waals surface area (Å²) in [5.74, 6) is -6.12. The highest BCUT2D eigenvalue weighted by molar-refractivity contribution is 7.90. The van der Waals surface area contributed by atoms with Crippen molar-refractivity contribution < 1.29 is 82.0 Å². The first-order valence-corrected chi connectivity index (χ1v) is 27.7. The fourth-order valence-corrected chi connectivity index (χ4v) is 12.5. The average molecular weight is 1040 g/mol. The van der Waals surface area contributed by atoms with E-state index in [0.29, 0.717) is 5.57 Å². The number of para-hydroxylation sites is 1. The molecule has 70 heavy (non-hydrogen) atoms. The van der Waals surface area contributed by atoms with Crippen LogP contribution >= 0.6 is 0 Å². The lowest BCUT2D eigenvalue weighted by molar-refractivity contribution is -0.595. The van der Waals surface area contributed by atoms with Crippen LogP contribution in [0.25, 0.3) is 11.8 Å². The quantitative estimate of drug-likeness (QED) is 0.141. The van der Waals surface area contributed by atoms with Crippen LogP contribution in [0.15, 0.2) is 175 Å². The number of hydrogen-bond acceptors (Lipinski definition) is 13. The summed E-state index contributed by atoms with van der Waals surface area (Å²) in [5.41, 5.74) is 1.67. The van der Waals surface area contributed by atoms with Crippen molar-refractivity contribution in [3.63, 3.8) is 0 Å². The van der Waals surface area contributed by atoms with Gasteiger partial charge in [0.2, 0.25) is 5.69 Å². The summed E-state index contributed by atoms with van der Waals surface area (Å²) >= 11 is 0. The molecule has 10 atom stereocenters. The number of pyridine rings is 1. The van der Waals surface area contributed by atoms with E-state index in [1.54, 1.807) is 24.3 Å². The number of aliphatic hydroxyl groups is 5. The van der Waals surface area contributed by atoms with Crippen LogP contribution in [0.4, 0.5) is 0 Å². The third-order valence-electron chi connectivity index (χ3n) is 13.4. The maximum Gasteiger partial charge on any atom is 0.294 e. The molecule has 1 aromatic heterocycles.